The summed E-state index contributed by atoms with van der Waals surface area (Å²) in [7, 11) is 0. The third kappa shape index (κ3) is 2.26. The summed E-state index contributed by atoms with van der Waals surface area (Å²) in [5.74, 6) is 0. The molecule has 0 aliphatic rings. The molecule has 3 nitrogen and oxygen atoms in total. The number of nitrogens with two attached hydrogens (primary N) is 1. The van der Waals surface area contributed by atoms with Crippen LogP contribution in [0.15, 0.2) is 18.2 Å². The van der Waals surface area contributed by atoms with E-state index in [1.165, 1.54) is 0 Å². The van der Waals surface area contributed by atoms with Gasteiger partial charge in [-0.3, -0.25) is 4.68 Å². The van der Waals surface area contributed by atoms with E-state index in [2.05, 4.69) is 5.10 Å². The molecule has 0 radical (unpaired) electrons. The van der Waals surface area contributed by atoms with E-state index >= 15 is 0 Å². The Labute approximate surface area is 110 Å². The Morgan fingerprint density at radius 2 is 1.82 bits per heavy atom. The van der Waals surface area contributed by atoms with Gasteiger partial charge in [0.2, 0.25) is 0 Å². The first-order valence-electron chi connectivity index (χ1n) is 5.23. The first-order chi connectivity index (χ1) is 8.00. The molecule has 1 aromatic carbocycles. The van der Waals surface area contributed by atoms with E-state index in [0.717, 1.165) is 17.0 Å². The van der Waals surface area contributed by atoms with Crippen molar-refractivity contribution in [2.24, 2.45) is 0 Å². The summed E-state index contributed by atoms with van der Waals surface area (Å²) in [4.78, 5) is 0. The molecule has 5 heteroatoms. The van der Waals surface area contributed by atoms with Gasteiger partial charge in [-0.1, -0.05) is 29.3 Å². The second kappa shape index (κ2) is 4.59. The van der Waals surface area contributed by atoms with Crippen molar-refractivity contribution >= 4 is 28.9 Å². The number of benzene rings is 1. The lowest BCUT2D eigenvalue weighted by molar-refractivity contribution is 0.659. The lowest BCUT2D eigenvalue weighted by Gasteiger charge is -2.08. The predicted molar refractivity (Wildman–Crippen MR) is 71.7 cm³/mol. The average Bonchev–Trinajstić information content (AvgIpc) is 2.52. The Bertz CT molecular complexity index is 541. The molecule has 17 heavy (non-hydrogen) atoms. The number of halogens is 2. The van der Waals surface area contributed by atoms with Gasteiger partial charge in [-0.2, -0.15) is 5.10 Å². The number of nitrogen functional groups attached to an aromatic ring is 1. The van der Waals surface area contributed by atoms with Crippen LogP contribution in [0.25, 0.3) is 0 Å². The Hall–Kier alpha value is -1.19. The van der Waals surface area contributed by atoms with Crippen molar-refractivity contribution in [3.8, 4) is 0 Å². The molecular formula is C12H13Cl2N3. The molecule has 2 aromatic rings. The Kier molecular flexibility index (Phi) is 3.31. The normalized spacial score (nSPS) is 10.8. The molecule has 0 aliphatic heterocycles. The number of anilines is 1. The topological polar surface area (TPSA) is 43.8 Å². The number of hydrogen-bond donors (Lipinski definition) is 1. The van der Waals surface area contributed by atoms with E-state index in [-0.39, 0.29) is 0 Å². The predicted octanol–water partition coefficient (Wildman–Crippen LogP) is 3.44. The van der Waals surface area contributed by atoms with Crippen LogP contribution in [0.1, 0.15) is 17.0 Å². The molecule has 0 atom stereocenters. The van der Waals surface area contributed by atoms with Crippen molar-refractivity contribution in [1.82, 2.24) is 9.78 Å². The van der Waals surface area contributed by atoms with Crippen LogP contribution in [0.2, 0.25) is 10.0 Å². The van der Waals surface area contributed by atoms with Crippen molar-refractivity contribution in [3.05, 3.63) is 45.2 Å². The van der Waals surface area contributed by atoms with Crippen LogP contribution in [0.5, 0.6) is 0 Å². The monoisotopic (exact) mass is 269 g/mol. The van der Waals surface area contributed by atoms with Gasteiger partial charge in [0.15, 0.2) is 0 Å². The fraction of sp³-hybridized carbons (Fsp3) is 0.250. The van der Waals surface area contributed by atoms with Gasteiger partial charge in [-0.05, 0) is 26.0 Å². The third-order valence-electron chi connectivity index (χ3n) is 2.81. The summed E-state index contributed by atoms with van der Waals surface area (Å²) in [5.41, 5.74) is 9.22. The van der Waals surface area contributed by atoms with Crippen molar-refractivity contribution in [2.75, 3.05) is 5.73 Å². The highest BCUT2D eigenvalue weighted by Gasteiger charge is 2.11. The van der Waals surface area contributed by atoms with Crippen LogP contribution in [0, 0.1) is 13.8 Å². The van der Waals surface area contributed by atoms with Crippen LogP contribution in [0.3, 0.4) is 0 Å². The minimum atomic E-state index is 0.530. The number of rotatable bonds is 2. The van der Waals surface area contributed by atoms with Gasteiger partial charge in [0.05, 0.1) is 23.6 Å². The van der Waals surface area contributed by atoms with Crippen molar-refractivity contribution in [1.29, 1.82) is 0 Å². The molecule has 2 N–H and O–H groups in total. The average molecular weight is 270 g/mol. The van der Waals surface area contributed by atoms with Crippen molar-refractivity contribution in [3.63, 3.8) is 0 Å². The van der Waals surface area contributed by atoms with Gasteiger partial charge in [0, 0.05) is 15.6 Å². The van der Waals surface area contributed by atoms with Crippen LogP contribution < -0.4 is 5.73 Å². The van der Waals surface area contributed by atoms with Crippen LogP contribution in [0.4, 0.5) is 5.69 Å². The quantitative estimate of drug-likeness (QED) is 0.908. The second-order valence-electron chi connectivity index (χ2n) is 3.94. The van der Waals surface area contributed by atoms with E-state index in [1.54, 1.807) is 0 Å². The zero-order valence-electron chi connectivity index (χ0n) is 9.67. The highest BCUT2D eigenvalue weighted by Crippen LogP contribution is 2.26. The van der Waals surface area contributed by atoms with Gasteiger partial charge >= 0.3 is 0 Å². The number of hydrogen-bond acceptors (Lipinski definition) is 2. The van der Waals surface area contributed by atoms with E-state index in [0.29, 0.717) is 22.3 Å². The summed E-state index contributed by atoms with van der Waals surface area (Å²) in [6, 6.07) is 5.46. The van der Waals surface area contributed by atoms with E-state index < -0.39 is 0 Å². The fourth-order valence-corrected chi connectivity index (χ4v) is 2.21. The van der Waals surface area contributed by atoms with Crippen LogP contribution >= 0.6 is 23.2 Å². The minimum Gasteiger partial charge on any atom is -0.396 e. The highest BCUT2D eigenvalue weighted by molar-refractivity contribution is 6.35. The molecule has 1 aromatic heterocycles. The molecule has 0 saturated carbocycles. The van der Waals surface area contributed by atoms with Gasteiger partial charge in [0.1, 0.15) is 0 Å². The van der Waals surface area contributed by atoms with E-state index in [1.807, 2.05) is 36.7 Å². The molecule has 1 heterocycles. The smallest absolute Gasteiger partial charge is 0.0826 e. The zero-order chi connectivity index (χ0) is 12.6. The maximum absolute atomic E-state index is 6.12. The lowest BCUT2D eigenvalue weighted by atomic mass is 10.2. The summed E-state index contributed by atoms with van der Waals surface area (Å²) >= 11 is 12.2. The molecular weight excluding hydrogens is 257 g/mol. The van der Waals surface area contributed by atoms with Crippen molar-refractivity contribution in [2.45, 2.75) is 20.4 Å². The van der Waals surface area contributed by atoms with E-state index in [9.17, 15) is 0 Å². The van der Waals surface area contributed by atoms with Crippen LogP contribution in [-0.2, 0) is 6.54 Å². The van der Waals surface area contributed by atoms with Gasteiger partial charge in [-0.25, -0.2) is 0 Å². The Balaban J connectivity index is 2.41. The molecule has 0 bridgehead atoms. The molecule has 0 aliphatic carbocycles. The first-order valence-corrected chi connectivity index (χ1v) is 5.98. The van der Waals surface area contributed by atoms with E-state index in [4.69, 9.17) is 28.9 Å². The molecule has 0 fully saturated rings. The first kappa shape index (κ1) is 12.3. The summed E-state index contributed by atoms with van der Waals surface area (Å²) < 4.78 is 1.82. The van der Waals surface area contributed by atoms with Crippen molar-refractivity contribution < 1.29 is 0 Å². The Morgan fingerprint density at radius 1 is 1.24 bits per heavy atom. The summed E-state index contributed by atoms with van der Waals surface area (Å²) in [6.07, 6.45) is 0. The van der Waals surface area contributed by atoms with Gasteiger partial charge < -0.3 is 5.73 Å². The maximum atomic E-state index is 6.12. The van der Waals surface area contributed by atoms with Crippen LogP contribution in [-0.4, -0.2) is 9.78 Å². The zero-order valence-corrected chi connectivity index (χ0v) is 11.2. The molecule has 2 rings (SSSR count). The second-order valence-corrected chi connectivity index (χ2v) is 4.76. The van der Waals surface area contributed by atoms with Gasteiger partial charge in [0.25, 0.3) is 0 Å². The maximum Gasteiger partial charge on any atom is 0.0826 e. The molecule has 90 valence electrons. The number of nitrogens with zero attached hydrogens (tertiary/aromatic N) is 2. The highest BCUT2D eigenvalue weighted by atomic mass is 35.5. The molecule has 0 amide bonds. The fourth-order valence-electron chi connectivity index (χ4n) is 1.70. The molecule has 0 unspecified atom stereocenters. The standard InChI is InChI=1S/C12H13Cl2N3/c1-7-12(15)8(2)17(16-7)6-9-10(13)4-3-5-11(9)14/h3-5H,6,15H2,1-2H3. The SMILES string of the molecule is Cc1nn(Cc2c(Cl)cccc2Cl)c(C)c1N. The largest absolute Gasteiger partial charge is 0.396 e. The Morgan fingerprint density at radius 3 is 2.29 bits per heavy atom. The number of aromatic nitrogens is 2. The number of aryl methyl sites for hydroxylation is 1. The van der Waals surface area contributed by atoms with Gasteiger partial charge in [-0.15, -0.1) is 0 Å². The lowest BCUT2D eigenvalue weighted by Crippen LogP contribution is -2.05. The third-order valence-corrected chi connectivity index (χ3v) is 3.52. The minimum absolute atomic E-state index is 0.530. The molecule has 0 spiro atoms. The summed E-state index contributed by atoms with van der Waals surface area (Å²) in [6.45, 7) is 4.34. The summed E-state index contributed by atoms with van der Waals surface area (Å²) in [5, 5.41) is 5.65. The molecule has 0 saturated heterocycles.